The van der Waals surface area contributed by atoms with Crippen LogP contribution in [0.4, 0.5) is 30.2 Å². The second-order valence-electron chi connectivity index (χ2n) is 6.84. The number of halogens is 3. The van der Waals surface area contributed by atoms with Crippen LogP contribution in [0.15, 0.2) is 42.5 Å². The molecule has 0 aliphatic rings. The summed E-state index contributed by atoms with van der Waals surface area (Å²) in [4.78, 5) is 36.6. The van der Waals surface area contributed by atoms with Gasteiger partial charge in [0.15, 0.2) is 0 Å². The van der Waals surface area contributed by atoms with Gasteiger partial charge in [0.1, 0.15) is 11.5 Å². The highest BCUT2D eigenvalue weighted by atomic mass is 19.4. The number of methoxy groups -OCH3 is 1. The molecule has 0 radical (unpaired) electrons. The molecule has 0 saturated carbocycles. The lowest BCUT2D eigenvalue weighted by molar-refractivity contribution is -0.384. The van der Waals surface area contributed by atoms with E-state index in [0.717, 1.165) is 18.2 Å². The number of nitro benzene ring substituents is 1. The summed E-state index contributed by atoms with van der Waals surface area (Å²) in [5, 5.41) is 16.0. The number of hydrogen-bond acceptors (Lipinski definition) is 7. The summed E-state index contributed by atoms with van der Waals surface area (Å²) >= 11 is 0. The van der Waals surface area contributed by atoms with Gasteiger partial charge in [-0.25, -0.2) is 0 Å². The number of nitrogens with one attached hydrogen (secondary N) is 2. The number of rotatable bonds is 9. The van der Waals surface area contributed by atoms with E-state index in [9.17, 15) is 32.9 Å². The molecule has 0 heterocycles. The maximum absolute atomic E-state index is 12.6. The van der Waals surface area contributed by atoms with Crippen molar-refractivity contribution in [1.82, 2.24) is 4.90 Å². The minimum atomic E-state index is -4.82. The smallest absolute Gasteiger partial charge is 0.495 e. The highest BCUT2D eigenvalue weighted by molar-refractivity contribution is 5.97. The number of nitro groups is 1. The monoisotopic (exact) mass is 470 g/mol. The van der Waals surface area contributed by atoms with Gasteiger partial charge >= 0.3 is 6.36 Å². The quantitative estimate of drug-likeness (QED) is 0.425. The number of nitrogens with zero attached hydrogens (tertiary/aromatic N) is 2. The van der Waals surface area contributed by atoms with Crippen LogP contribution in [0.3, 0.4) is 0 Å². The molecule has 0 saturated heterocycles. The zero-order chi connectivity index (χ0) is 24.8. The first kappa shape index (κ1) is 25.4. The highest BCUT2D eigenvalue weighted by Gasteiger charge is 2.31. The molecular weight excluding hydrogens is 449 g/mol. The fourth-order valence-electron chi connectivity index (χ4n) is 2.65. The highest BCUT2D eigenvalue weighted by Crippen LogP contribution is 2.29. The van der Waals surface area contributed by atoms with Gasteiger partial charge < -0.3 is 20.1 Å². The third-order valence-electron chi connectivity index (χ3n) is 4.46. The molecule has 2 aromatic carbocycles. The van der Waals surface area contributed by atoms with Crippen molar-refractivity contribution in [2.45, 2.75) is 19.3 Å². The van der Waals surface area contributed by atoms with E-state index in [1.165, 1.54) is 50.2 Å². The average Bonchev–Trinajstić information content (AvgIpc) is 2.73. The number of ether oxygens (including phenoxy) is 2. The van der Waals surface area contributed by atoms with E-state index in [2.05, 4.69) is 15.4 Å². The Labute approximate surface area is 186 Å². The summed E-state index contributed by atoms with van der Waals surface area (Å²) in [5.41, 5.74) is 0.0991. The molecule has 1 atom stereocenters. The fourth-order valence-corrected chi connectivity index (χ4v) is 2.65. The molecule has 2 amide bonds. The van der Waals surface area contributed by atoms with E-state index < -0.39 is 34.9 Å². The summed E-state index contributed by atoms with van der Waals surface area (Å²) in [6.45, 7) is 1.30. The van der Waals surface area contributed by atoms with E-state index >= 15 is 0 Å². The first-order valence-electron chi connectivity index (χ1n) is 9.39. The molecule has 2 rings (SSSR count). The van der Waals surface area contributed by atoms with E-state index in [0.29, 0.717) is 0 Å². The fraction of sp³-hybridized carbons (Fsp3) is 0.300. The van der Waals surface area contributed by atoms with Crippen molar-refractivity contribution in [2.24, 2.45) is 0 Å². The van der Waals surface area contributed by atoms with Gasteiger partial charge in [-0.2, -0.15) is 0 Å². The molecular formula is C20H21F3N4O6. The van der Waals surface area contributed by atoms with Gasteiger partial charge in [0.05, 0.1) is 30.3 Å². The van der Waals surface area contributed by atoms with Crippen LogP contribution in [-0.2, 0) is 9.59 Å². The third kappa shape index (κ3) is 7.64. The number of likely N-dealkylation sites (N-methyl/N-ethyl adjacent to an activating group) is 1. The maximum Gasteiger partial charge on any atom is 0.573 e. The van der Waals surface area contributed by atoms with Gasteiger partial charge in [-0.1, -0.05) is 0 Å². The lowest BCUT2D eigenvalue weighted by Crippen LogP contribution is -2.43. The average molecular weight is 470 g/mol. The number of alkyl halides is 3. The number of benzene rings is 2. The minimum absolute atomic E-state index is 0.0996. The Bertz CT molecular complexity index is 1010. The number of non-ortho nitro benzene ring substituents is 1. The Kier molecular flexibility index (Phi) is 8.18. The lowest BCUT2D eigenvalue weighted by Gasteiger charge is -2.23. The maximum atomic E-state index is 12.6. The Hall–Kier alpha value is -3.87. The molecule has 1 unspecified atom stereocenters. The molecule has 2 aromatic rings. The van der Waals surface area contributed by atoms with Crippen molar-refractivity contribution in [3.8, 4) is 11.5 Å². The topological polar surface area (TPSA) is 123 Å². The molecule has 0 bridgehead atoms. The van der Waals surface area contributed by atoms with Crippen molar-refractivity contribution in [3.05, 3.63) is 52.6 Å². The van der Waals surface area contributed by atoms with E-state index in [4.69, 9.17) is 4.74 Å². The summed E-state index contributed by atoms with van der Waals surface area (Å²) < 4.78 is 45.5. The molecule has 33 heavy (non-hydrogen) atoms. The zero-order valence-corrected chi connectivity index (χ0v) is 17.8. The molecule has 13 heteroatoms. The van der Waals surface area contributed by atoms with Gasteiger partial charge in [-0.3, -0.25) is 24.6 Å². The van der Waals surface area contributed by atoms with Crippen molar-refractivity contribution >= 4 is 28.9 Å². The Balaban J connectivity index is 1.96. The van der Waals surface area contributed by atoms with Crippen molar-refractivity contribution in [1.29, 1.82) is 0 Å². The molecule has 0 aromatic heterocycles. The van der Waals surface area contributed by atoms with Crippen molar-refractivity contribution in [2.75, 3.05) is 31.3 Å². The van der Waals surface area contributed by atoms with E-state index in [1.54, 1.807) is 0 Å². The summed E-state index contributed by atoms with van der Waals surface area (Å²) in [7, 11) is 2.85. The van der Waals surface area contributed by atoms with Crippen molar-refractivity contribution < 1.29 is 37.2 Å². The summed E-state index contributed by atoms with van der Waals surface area (Å²) in [6.07, 6.45) is -4.82. The summed E-state index contributed by atoms with van der Waals surface area (Å²) in [5.74, 6) is -1.27. The first-order chi connectivity index (χ1) is 15.4. The van der Waals surface area contributed by atoms with Crippen LogP contribution in [0, 0.1) is 10.1 Å². The summed E-state index contributed by atoms with van der Waals surface area (Å²) in [6, 6.07) is 7.50. The molecule has 2 N–H and O–H groups in total. The van der Waals surface area contributed by atoms with Crippen LogP contribution in [0.5, 0.6) is 11.5 Å². The number of carbonyl (C=O) groups excluding carboxylic acids is 2. The molecule has 10 nitrogen and oxygen atoms in total. The van der Waals surface area contributed by atoms with E-state index in [1.807, 2.05) is 0 Å². The third-order valence-corrected chi connectivity index (χ3v) is 4.46. The predicted molar refractivity (Wildman–Crippen MR) is 112 cm³/mol. The van der Waals surface area contributed by atoms with Gasteiger partial charge in [0.25, 0.3) is 5.69 Å². The number of amides is 2. The van der Waals surface area contributed by atoms with Crippen LogP contribution in [-0.4, -0.2) is 54.7 Å². The van der Waals surface area contributed by atoms with Gasteiger partial charge in [-0.15, -0.1) is 13.2 Å². The predicted octanol–water partition coefficient (Wildman–Crippen LogP) is 3.40. The van der Waals surface area contributed by atoms with Gasteiger partial charge in [0.2, 0.25) is 11.8 Å². The molecule has 0 spiro atoms. The van der Waals surface area contributed by atoms with Crippen LogP contribution in [0.2, 0.25) is 0 Å². The largest absolute Gasteiger partial charge is 0.573 e. The van der Waals surface area contributed by atoms with Crippen LogP contribution >= 0.6 is 0 Å². The van der Waals surface area contributed by atoms with Gasteiger partial charge in [-0.05, 0) is 44.3 Å². The first-order valence-corrected chi connectivity index (χ1v) is 9.39. The molecule has 0 aliphatic heterocycles. The minimum Gasteiger partial charge on any atom is -0.495 e. The SMILES string of the molecule is COc1ccc([N+](=O)[O-])cc1NC(=O)C(C)N(C)CC(=O)Nc1ccc(OC(F)(F)F)cc1. The van der Waals surface area contributed by atoms with Crippen LogP contribution < -0.4 is 20.1 Å². The van der Waals surface area contributed by atoms with Crippen LogP contribution in [0.25, 0.3) is 0 Å². The van der Waals surface area contributed by atoms with Gasteiger partial charge in [0, 0.05) is 17.8 Å². The zero-order valence-electron chi connectivity index (χ0n) is 17.8. The van der Waals surface area contributed by atoms with Crippen molar-refractivity contribution in [3.63, 3.8) is 0 Å². The second-order valence-corrected chi connectivity index (χ2v) is 6.84. The molecule has 0 aliphatic carbocycles. The Morgan fingerprint density at radius 3 is 2.33 bits per heavy atom. The Morgan fingerprint density at radius 1 is 1.15 bits per heavy atom. The molecule has 0 fully saturated rings. The number of hydrogen-bond donors (Lipinski definition) is 2. The number of carbonyl (C=O) groups is 2. The van der Waals surface area contributed by atoms with E-state index in [-0.39, 0.29) is 29.4 Å². The molecule has 178 valence electrons. The number of anilines is 2. The standard InChI is InChI=1S/C20H21F3N4O6/c1-12(19(29)25-16-10-14(27(30)31)6-9-17(16)32-3)26(2)11-18(28)24-13-4-7-15(8-5-13)33-20(21,22)23/h4-10,12H,11H2,1-3H3,(H,24,28)(H,25,29). The second kappa shape index (κ2) is 10.6. The lowest BCUT2D eigenvalue weighted by atomic mass is 10.2. The normalized spacial score (nSPS) is 12.1. The Morgan fingerprint density at radius 2 is 1.79 bits per heavy atom. The van der Waals surface area contributed by atoms with Crippen LogP contribution in [0.1, 0.15) is 6.92 Å².